The first-order valence-electron chi connectivity index (χ1n) is 13.5. The van der Waals surface area contributed by atoms with Gasteiger partial charge in [-0.05, 0) is 73.4 Å². The molecular weight excluding hydrogens is 595 g/mol. The van der Waals surface area contributed by atoms with Crippen molar-refractivity contribution in [3.63, 3.8) is 0 Å². The van der Waals surface area contributed by atoms with Gasteiger partial charge >= 0.3 is 0 Å². The van der Waals surface area contributed by atoms with Gasteiger partial charge in [-0.2, -0.15) is 14.4 Å². The lowest BCUT2D eigenvalue weighted by Gasteiger charge is -2.30. The molecule has 1 aromatic heterocycles. The molecule has 1 fully saturated rings. The minimum Gasteiger partial charge on any atom is -0.493 e. The van der Waals surface area contributed by atoms with Crippen LogP contribution in [0.5, 0.6) is 17.2 Å². The summed E-state index contributed by atoms with van der Waals surface area (Å²) in [6.45, 7) is 2.96. The molecule has 0 saturated carbocycles. The zero-order chi connectivity index (χ0) is 30.7. The van der Waals surface area contributed by atoms with Gasteiger partial charge in [0.05, 0.1) is 42.7 Å². The molecule has 5 rings (SSSR count). The van der Waals surface area contributed by atoms with Gasteiger partial charge in [-0.25, -0.2) is 17.8 Å². The van der Waals surface area contributed by atoms with E-state index in [2.05, 4.69) is 10.1 Å². The molecule has 0 spiro atoms. The number of hydrazone groups is 1. The zero-order valence-corrected chi connectivity index (χ0v) is 25.7. The number of thiazole rings is 1. The summed E-state index contributed by atoms with van der Waals surface area (Å²) >= 11 is 1.09. The maximum absolute atomic E-state index is 13.9. The van der Waals surface area contributed by atoms with Gasteiger partial charge in [0.25, 0.3) is 5.91 Å². The number of ether oxygens (including phenoxy) is 3. The molecule has 1 atom stereocenters. The molecule has 4 aromatic rings. The van der Waals surface area contributed by atoms with Crippen molar-refractivity contribution in [3.05, 3.63) is 71.5 Å². The Morgan fingerprint density at radius 3 is 2.40 bits per heavy atom. The number of aromatic nitrogens is 1. The second-order valence-electron chi connectivity index (χ2n) is 10.1. The van der Waals surface area contributed by atoms with Gasteiger partial charge < -0.3 is 14.2 Å². The van der Waals surface area contributed by atoms with E-state index in [1.807, 2.05) is 6.92 Å². The van der Waals surface area contributed by atoms with Crippen molar-refractivity contribution in [2.75, 3.05) is 39.4 Å². The number of amides is 1. The molecule has 1 amide bonds. The number of benzene rings is 3. The van der Waals surface area contributed by atoms with Crippen LogP contribution in [0.1, 0.15) is 35.7 Å². The molecule has 0 aliphatic carbocycles. The molecule has 1 saturated heterocycles. The molecule has 226 valence electrons. The van der Waals surface area contributed by atoms with Gasteiger partial charge in [-0.1, -0.05) is 18.3 Å². The van der Waals surface area contributed by atoms with Gasteiger partial charge in [0.2, 0.25) is 20.9 Å². The van der Waals surface area contributed by atoms with Crippen LogP contribution in [0.4, 0.5) is 9.52 Å². The van der Waals surface area contributed by atoms with Crippen molar-refractivity contribution < 1.29 is 31.8 Å². The number of hydrogen-bond acceptors (Lipinski definition) is 9. The quantitative estimate of drug-likeness (QED) is 0.177. The van der Waals surface area contributed by atoms with Crippen molar-refractivity contribution in [1.29, 1.82) is 0 Å². The lowest BCUT2D eigenvalue weighted by Crippen LogP contribution is -2.39. The van der Waals surface area contributed by atoms with Crippen LogP contribution < -0.4 is 19.2 Å². The Morgan fingerprint density at radius 1 is 1.07 bits per heavy atom. The molecule has 1 aliphatic rings. The Bertz CT molecular complexity index is 1750. The lowest BCUT2D eigenvalue weighted by atomic mass is 10.0. The van der Waals surface area contributed by atoms with Crippen molar-refractivity contribution >= 4 is 48.8 Å². The van der Waals surface area contributed by atoms with Crippen LogP contribution in [0.3, 0.4) is 0 Å². The molecule has 0 radical (unpaired) electrons. The number of carbonyl (C=O) groups excluding carboxylic acids is 1. The van der Waals surface area contributed by atoms with E-state index in [1.54, 1.807) is 12.1 Å². The largest absolute Gasteiger partial charge is 0.493 e. The first-order valence-corrected chi connectivity index (χ1v) is 15.7. The van der Waals surface area contributed by atoms with Crippen molar-refractivity contribution in [3.8, 4) is 17.2 Å². The molecule has 0 N–H and O–H groups in total. The van der Waals surface area contributed by atoms with E-state index in [0.717, 1.165) is 29.2 Å². The number of fused-ring (bicyclic) bond motifs is 1. The smallest absolute Gasteiger partial charge is 0.280 e. The fourth-order valence-electron chi connectivity index (χ4n) is 4.87. The fourth-order valence-corrected chi connectivity index (χ4v) is 7.42. The Labute approximate surface area is 253 Å². The lowest BCUT2D eigenvalue weighted by molar-refractivity contribution is 0.0987. The third kappa shape index (κ3) is 6.33. The second kappa shape index (κ2) is 12.7. The number of nitrogens with zero attached hydrogens (tertiary/aromatic N) is 4. The molecular formula is C30H31FN4O6S2. The highest BCUT2D eigenvalue weighted by Gasteiger charge is 2.29. The first-order chi connectivity index (χ1) is 20.6. The zero-order valence-electron chi connectivity index (χ0n) is 24.1. The van der Waals surface area contributed by atoms with E-state index in [1.165, 1.54) is 74.3 Å². The number of halogens is 1. The van der Waals surface area contributed by atoms with E-state index in [0.29, 0.717) is 46.1 Å². The maximum Gasteiger partial charge on any atom is 0.280 e. The van der Waals surface area contributed by atoms with Crippen LogP contribution >= 0.6 is 11.3 Å². The molecule has 0 bridgehead atoms. The van der Waals surface area contributed by atoms with E-state index < -0.39 is 21.7 Å². The first kappa shape index (κ1) is 30.4. The van der Waals surface area contributed by atoms with Crippen LogP contribution in [-0.2, 0) is 10.0 Å². The predicted molar refractivity (Wildman–Crippen MR) is 164 cm³/mol. The average Bonchev–Trinajstić information content (AvgIpc) is 3.43. The van der Waals surface area contributed by atoms with Gasteiger partial charge in [-0.15, -0.1) is 0 Å². The average molecular weight is 627 g/mol. The van der Waals surface area contributed by atoms with Crippen LogP contribution in [0, 0.1) is 11.7 Å². The van der Waals surface area contributed by atoms with Gasteiger partial charge in [0.15, 0.2) is 11.5 Å². The number of sulfonamides is 1. The molecule has 1 aliphatic heterocycles. The normalized spacial score (nSPS) is 16.0. The molecule has 3 aromatic carbocycles. The highest BCUT2D eigenvalue weighted by atomic mass is 32.2. The van der Waals surface area contributed by atoms with Crippen molar-refractivity contribution in [2.45, 2.75) is 24.7 Å². The highest BCUT2D eigenvalue weighted by molar-refractivity contribution is 7.89. The van der Waals surface area contributed by atoms with E-state index >= 15 is 0 Å². The van der Waals surface area contributed by atoms with Gasteiger partial charge in [0, 0.05) is 24.2 Å². The van der Waals surface area contributed by atoms with Crippen molar-refractivity contribution in [2.24, 2.45) is 11.0 Å². The van der Waals surface area contributed by atoms with E-state index in [-0.39, 0.29) is 21.5 Å². The summed E-state index contributed by atoms with van der Waals surface area (Å²) in [7, 11) is 0.777. The summed E-state index contributed by atoms with van der Waals surface area (Å²) in [4.78, 5) is 18.5. The summed E-state index contributed by atoms with van der Waals surface area (Å²) in [6.07, 6.45) is 3.23. The third-order valence-electron chi connectivity index (χ3n) is 7.08. The van der Waals surface area contributed by atoms with Crippen LogP contribution in [0.2, 0.25) is 0 Å². The number of methoxy groups -OCH3 is 3. The van der Waals surface area contributed by atoms with Crippen molar-refractivity contribution in [1.82, 2.24) is 9.29 Å². The summed E-state index contributed by atoms with van der Waals surface area (Å²) in [5.74, 6) is 0.495. The molecule has 10 nitrogen and oxygen atoms in total. The van der Waals surface area contributed by atoms with Crippen LogP contribution in [-0.4, -0.2) is 64.2 Å². The Balaban J connectivity index is 1.51. The Hall–Kier alpha value is -4.07. The molecule has 2 heterocycles. The van der Waals surface area contributed by atoms with Crippen LogP contribution in [0.15, 0.2) is 64.6 Å². The number of carbonyl (C=O) groups is 1. The summed E-state index contributed by atoms with van der Waals surface area (Å²) in [5, 5.41) is 5.75. The third-order valence-corrected chi connectivity index (χ3v) is 9.95. The minimum atomic E-state index is -3.70. The topological polar surface area (TPSA) is 111 Å². The highest BCUT2D eigenvalue weighted by Crippen LogP contribution is 2.38. The van der Waals surface area contributed by atoms with E-state index in [4.69, 9.17) is 14.2 Å². The summed E-state index contributed by atoms with van der Waals surface area (Å²) in [5.41, 5.74) is 1.23. The molecule has 13 heteroatoms. The number of anilines is 1. The standard InChI is InChI=1S/C30H31FN4O6S2/c1-19-6-5-13-34(18-19)43(37,38)23-10-7-21(8-11-23)29(36)35(30-33-24-12-9-22(31)16-27(24)42-30)32-17-20-14-25(39-2)28(41-4)26(15-20)40-3/h7-12,14-17,19H,5-6,13,18H2,1-4H3/b32-17+. The maximum atomic E-state index is 13.9. The number of piperidine rings is 1. The summed E-state index contributed by atoms with van der Waals surface area (Å²) < 4.78 is 58.7. The Kier molecular flexibility index (Phi) is 8.95. The molecule has 43 heavy (non-hydrogen) atoms. The minimum absolute atomic E-state index is 0.112. The van der Waals surface area contributed by atoms with Crippen LogP contribution in [0.25, 0.3) is 10.2 Å². The molecule has 1 unspecified atom stereocenters. The monoisotopic (exact) mass is 626 g/mol. The second-order valence-corrected chi connectivity index (χ2v) is 13.0. The van der Waals surface area contributed by atoms with Gasteiger partial charge in [-0.3, -0.25) is 4.79 Å². The predicted octanol–water partition coefficient (Wildman–Crippen LogP) is 5.56. The Morgan fingerprint density at radius 2 is 1.77 bits per heavy atom. The fraction of sp³-hybridized carbons (Fsp3) is 0.300. The number of rotatable bonds is 9. The number of hydrogen-bond donors (Lipinski definition) is 0. The SMILES string of the molecule is COc1cc(/C=N/N(C(=O)c2ccc(S(=O)(=O)N3CCCC(C)C3)cc2)c2nc3ccc(F)cc3s2)cc(OC)c1OC. The van der Waals surface area contributed by atoms with Gasteiger partial charge in [0.1, 0.15) is 5.82 Å². The summed E-state index contributed by atoms with van der Waals surface area (Å²) in [6, 6.07) is 13.3. The van der Waals surface area contributed by atoms with E-state index in [9.17, 15) is 17.6 Å².